The third-order valence-corrected chi connectivity index (χ3v) is 4.21. The van der Waals surface area contributed by atoms with Gasteiger partial charge in [0.15, 0.2) is 0 Å². The van der Waals surface area contributed by atoms with Crippen LogP contribution in [0.5, 0.6) is 0 Å². The van der Waals surface area contributed by atoms with Gasteiger partial charge in [-0.3, -0.25) is 4.79 Å². The first kappa shape index (κ1) is 15.4. The predicted molar refractivity (Wildman–Crippen MR) is 70.7 cm³/mol. The molecule has 1 unspecified atom stereocenters. The Balaban J connectivity index is 2.53. The number of carboxylic acid groups (broad SMARTS) is 1. The normalized spacial score (nSPS) is 23.1. The van der Waals surface area contributed by atoms with E-state index in [1.807, 2.05) is 13.8 Å². The van der Waals surface area contributed by atoms with Crippen molar-refractivity contribution < 1.29 is 14.6 Å². The Morgan fingerprint density at radius 3 is 2.56 bits per heavy atom. The quantitative estimate of drug-likeness (QED) is 0.763. The van der Waals surface area contributed by atoms with Gasteiger partial charge in [-0.2, -0.15) is 0 Å². The van der Waals surface area contributed by atoms with E-state index >= 15 is 0 Å². The first-order chi connectivity index (χ1) is 8.17. The highest BCUT2D eigenvalue weighted by molar-refractivity contribution is 5.75. The van der Waals surface area contributed by atoms with Crippen molar-refractivity contribution >= 4 is 5.97 Å². The molecule has 5 heteroatoms. The van der Waals surface area contributed by atoms with E-state index < -0.39 is 16.9 Å². The van der Waals surface area contributed by atoms with E-state index in [0.717, 1.165) is 19.7 Å². The summed E-state index contributed by atoms with van der Waals surface area (Å²) in [4.78, 5) is 13.5. The summed E-state index contributed by atoms with van der Waals surface area (Å²) in [6.45, 7) is 10.6. The molecule has 1 aliphatic rings. The molecule has 1 heterocycles. The minimum atomic E-state index is -0.826. The van der Waals surface area contributed by atoms with Crippen molar-refractivity contribution in [2.75, 3.05) is 33.3 Å². The fourth-order valence-corrected chi connectivity index (χ4v) is 1.85. The third kappa shape index (κ3) is 3.43. The highest BCUT2D eigenvalue weighted by Gasteiger charge is 2.43. The van der Waals surface area contributed by atoms with Crippen molar-refractivity contribution in [3.8, 4) is 0 Å². The molecule has 5 nitrogen and oxygen atoms in total. The van der Waals surface area contributed by atoms with Gasteiger partial charge in [0, 0.05) is 25.2 Å². The number of hydrogen-bond acceptors (Lipinski definition) is 4. The van der Waals surface area contributed by atoms with Gasteiger partial charge in [0.1, 0.15) is 0 Å². The summed E-state index contributed by atoms with van der Waals surface area (Å²) < 4.78 is 5.67. The number of rotatable bonds is 5. The molecule has 1 saturated heterocycles. The zero-order valence-electron chi connectivity index (χ0n) is 12.1. The van der Waals surface area contributed by atoms with E-state index in [1.54, 1.807) is 13.8 Å². The average molecular weight is 258 g/mol. The van der Waals surface area contributed by atoms with Crippen LogP contribution in [0.2, 0.25) is 0 Å². The van der Waals surface area contributed by atoms with E-state index in [9.17, 15) is 9.90 Å². The molecule has 1 fully saturated rings. The van der Waals surface area contributed by atoms with Crippen molar-refractivity contribution in [3.05, 3.63) is 0 Å². The Morgan fingerprint density at radius 2 is 2.06 bits per heavy atom. The highest BCUT2D eigenvalue weighted by atomic mass is 16.5. The van der Waals surface area contributed by atoms with Gasteiger partial charge in [-0.15, -0.1) is 0 Å². The minimum Gasteiger partial charge on any atom is -0.481 e. The lowest BCUT2D eigenvalue weighted by Gasteiger charge is -2.41. The molecule has 106 valence electrons. The Morgan fingerprint density at radius 1 is 1.44 bits per heavy atom. The van der Waals surface area contributed by atoms with E-state index in [-0.39, 0.29) is 6.10 Å². The van der Waals surface area contributed by atoms with Crippen LogP contribution in [0, 0.1) is 5.41 Å². The lowest BCUT2D eigenvalue weighted by atomic mass is 9.74. The second-order valence-electron chi connectivity index (χ2n) is 6.19. The van der Waals surface area contributed by atoms with Gasteiger partial charge in [0.25, 0.3) is 0 Å². The Labute approximate surface area is 109 Å². The second kappa shape index (κ2) is 5.55. The number of nitrogens with zero attached hydrogens (tertiary/aromatic N) is 1. The fraction of sp³-hybridized carbons (Fsp3) is 0.923. The van der Waals surface area contributed by atoms with Gasteiger partial charge in [0.05, 0.1) is 18.1 Å². The first-order valence-electron chi connectivity index (χ1n) is 6.45. The molecule has 0 aromatic rings. The highest BCUT2D eigenvalue weighted by Crippen LogP contribution is 2.30. The number of hydrogen-bond donors (Lipinski definition) is 2. The number of carboxylic acids is 1. The zero-order valence-corrected chi connectivity index (χ0v) is 12.1. The van der Waals surface area contributed by atoms with Gasteiger partial charge in [0.2, 0.25) is 0 Å². The van der Waals surface area contributed by atoms with Crippen molar-refractivity contribution in [3.63, 3.8) is 0 Å². The molecule has 0 amide bonds. The van der Waals surface area contributed by atoms with Crippen LogP contribution in [-0.4, -0.2) is 60.9 Å². The van der Waals surface area contributed by atoms with Gasteiger partial charge < -0.3 is 20.1 Å². The maximum atomic E-state index is 11.3. The van der Waals surface area contributed by atoms with E-state index in [0.29, 0.717) is 6.54 Å². The SMILES string of the molecule is CN1CCOC(CNC(C)(C)C(C)(C)C(=O)O)C1. The molecule has 1 rings (SSSR count). The van der Waals surface area contributed by atoms with Crippen LogP contribution in [0.1, 0.15) is 27.7 Å². The molecule has 0 aliphatic carbocycles. The molecule has 0 spiro atoms. The van der Waals surface area contributed by atoms with Gasteiger partial charge in [-0.1, -0.05) is 0 Å². The summed E-state index contributed by atoms with van der Waals surface area (Å²) in [6, 6.07) is 0. The zero-order chi connectivity index (χ0) is 14.0. The number of aliphatic carboxylic acids is 1. The topological polar surface area (TPSA) is 61.8 Å². The summed E-state index contributed by atoms with van der Waals surface area (Å²) in [5, 5.41) is 12.6. The van der Waals surface area contributed by atoms with Gasteiger partial charge >= 0.3 is 5.97 Å². The van der Waals surface area contributed by atoms with Crippen LogP contribution >= 0.6 is 0 Å². The number of likely N-dealkylation sites (N-methyl/N-ethyl adjacent to an activating group) is 1. The molecule has 2 N–H and O–H groups in total. The smallest absolute Gasteiger partial charge is 0.310 e. The fourth-order valence-electron chi connectivity index (χ4n) is 1.85. The van der Waals surface area contributed by atoms with Crippen LogP contribution < -0.4 is 5.32 Å². The molecule has 0 radical (unpaired) electrons. The molecule has 0 aromatic heterocycles. The average Bonchev–Trinajstić information content (AvgIpc) is 2.26. The molecular weight excluding hydrogens is 232 g/mol. The van der Waals surface area contributed by atoms with Crippen molar-refractivity contribution in [1.82, 2.24) is 10.2 Å². The molecule has 0 aromatic carbocycles. The second-order valence-corrected chi connectivity index (χ2v) is 6.19. The van der Waals surface area contributed by atoms with Crippen LogP contribution in [0.4, 0.5) is 0 Å². The number of ether oxygens (including phenoxy) is 1. The monoisotopic (exact) mass is 258 g/mol. The summed E-state index contributed by atoms with van der Waals surface area (Å²) in [5.41, 5.74) is -1.31. The molecular formula is C13H26N2O3. The van der Waals surface area contributed by atoms with Crippen molar-refractivity contribution in [1.29, 1.82) is 0 Å². The van der Waals surface area contributed by atoms with E-state index in [1.165, 1.54) is 0 Å². The summed E-state index contributed by atoms with van der Waals surface area (Å²) in [6.07, 6.45) is 0.132. The molecule has 0 bridgehead atoms. The molecule has 0 saturated carbocycles. The molecule has 1 atom stereocenters. The lowest BCUT2D eigenvalue weighted by molar-refractivity contribution is -0.151. The van der Waals surface area contributed by atoms with E-state index in [4.69, 9.17) is 4.74 Å². The summed E-state index contributed by atoms with van der Waals surface area (Å²) in [7, 11) is 2.07. The third-order valence-electron chi connectivity index (χ3n) is 4.21. The number of morpholine rings is 1. The number of nitrogens with one attached hydrogen (secondary N) is 1. The lowest BCUT2D eigenvalue weighted by Crippen LogP contribution is -2.58. The van der Waals surface area contributed by atoms with Gasteiger partial charge in [-0.25, -0.2) is 0 Å². The summed E-state index contributed by atoms with van der Waals surface area (Å²) >= 11 is 0. The van der Waals surface area contributed by atoms with Crippen LogP contribution in [0.25, 0.3) is 0 Å². The Bertz CT molecular complexity index is 303. The van der Waals surface area contributed by atoms with Gasteiger partial charge in [-0.05, 0) is 34.7 Å². The van der Waals surface area contributed by atoms with Crippen LogP contribution in [0.3, 0.4) is 0 Å². The molecule has 18 heavy (non-hydrogen) atoms. The number of carbonyl (C=O) groups is 1. The summed E-state index contributed by atoms with van der Waals surface area (Å²) in [5.74, 6) is -0.790. The minimum absolute atomic E-state index is 0.132. The largest absolute Gasteiger partial charge is 0.481 e. The predicted octanol–water partition coefficient (Wildman–Crippen LogP) is 0.796. The first-order valence-corrected chi connectivity index (χ1v) is 6.45. The maximum absolute atomic E-state index is 11.3. The molecule has 1 aliphatic heterocycles. The van der Waals surface area contributed by atoms with Crippen molar-refractivity contribution in [2.24, 2.45) is 5.41 Å². The standard InChI is InChI=1S/C13H26N2O3/c1-12(2,11(16)17)13(3,4)14-8-10-9-15(5)6-7-18-10/h10,14H,6-9H2,1-5H3,(H,16,17). The Hall–Kier alpha value is -0.650. The van der Waals surface area contributed by atoms with Crippen molar-refractivity contribution in [2.45, 2.75) is 39.3 Å². The van der Waals surface area contributed by atoms with E-state index in [2.05, 4.69) is 17.3 Å². The van der Waals surface area contributed by atoms with Crippen LogP contribution in [-0.2, 0) is 9.53 Å². The van der Waals surface area contributed by atoms with Crippen LogP contribution in [0.15, 0.2) is 0 Å². The Kier molecular flexibility index (Phi) is 4.75. The maximum Gasteiger partial charge on any atom is 0.310 e.